The monoisotopic (exact) mass is 395 g/mol. The molecule has 0 unspecified atom stereocenters. The Labute approximate surface area is 148 Å². The summed E-state index contributed by atoms with van der Waals surface area (Å²) < 4.78 is 2.59. The molecule has 0 fully saturated rings. The van der Waals surface area contributed by atoms with Gasteiger partial charge in [0.2, 0.25) is 5.91 Å². The minimum atomic E-state index is -0.254. The van der Waals surface area contributed by atoms with Gasteiger partial charge in [-0.25, -0.2) is 0 Å². The highest BCUT2D eigenvalue weighted by molar-refractivity contribution is 9.10. The second-order valence-electron chi connectivity index (χ2n) is 5.16. The molecule has 2 aromatic rings. The van der Waals surface area contributed by atoms with E-state index in [1.807, 2.05) is 44.3 Å². The van der Waals surface area contributed by atoms with Gasteiger partial charge >= 0.3 is 0 Å². The topological polar surface area (TPSA) is 71.0 Å². The zero-order valence-corrected chi connectivity index (χ0v) is 15.2. The maximum Gasteiger partial charge on any atom is 0.243 e. The molecule has 0 saturated heterocycles. The predicted molar refractivity (Wildman–Crippen MR) is 97.8 cm³/mol. The minimum Gasteiger partial charge on any atom is -0.331 e. The Morgan fingerprint density at radius 3 is 2.78 bits per heavy atom. The van der Waals surface area contributed by atoms with E-state index in [4.69, 9.17) is 12.2 Å². The van der Waals surface area contributed by atoms with E-state index in [1.165, 1.54) is 0 Å². The van der Waals surface area contributed by atoms with Gasteiger partial charge < -0.3 is 5.32 Å². The molecule has 2 rings (SSSR count). The summed E-state index contributed by atoms with van der Waals surface area (Å²) in [5, 5.41) is 7.50. The molecular formula is C15H18BrN5OS. The van der Waals surface area contributed by atoms with Crippen LogP contribution in [0.5, 0.6) is 0 Å². The summed E-state index contributed by atoms with van der Waals surface area (Å²) >= 11 is 8.50. The fourth-order valence-corrected chi connectivity index (χ4v) is 2.40. The number of hydrazine groups is 1. The zero-order chi connectivity index (χ0) is 16.8. The molecule has 1 aromatic heterocycles. The third-order valence-corrected chi connectivity index (χ3v) is 3.82. The summed E-state index contributed by atoms with van der Waals surface area (Å²) in [6, 6.07) is 7.77. The number of benzene rings is 1. The van der Waals surface area contributed by atoms with E-state index in [0.29, 0.717) is 11.7 Å². The van der Waals surface area contributed by atoms with E-state index < -0.39 is 0 Å². The summed E-state index contributed by atoms with van der Waals surface area (Å²) in [5.74, 6) is -0.416. The lowest BCUT2D eigenvalue weighted by Gasteiger charge is -2.15. The molecule has 0 bridgehead atoms. The summed E-state index contributed by atoms with van der Waals surface area (Å²) in [4.78, 5) is 12.1. The standard InChI is InChI=1S/C15H18BrN5OS/c1-10-5-3-4-6-13(10)18-15(23)20-19-14(22)11(2)8-21-9-12(16)7-17-21/h3-7,9,11H,8H2,1-2H3,(H,19,22)(H2,18,20,23)/t11-/m1/s1. The van der Waals surface area contributed by atoms with Gasteiger partial charge in [-0.2, -0.15) is 5.10 Å². The van der Waals surface area contributed by atoms with Crippen LogP contribution in [0.4, 0.5) is 5.69 Å². The number of aromatic nitrogens is 2. The predicted octanol–water partition coefficient (Wildman–Crippen LogP) is 2.61. The molecular weight excluding hydrogens is 378 g/mol. The molecule has 23 heavy (non-hydrogen) atoms. The van der Waals surface area contributed by atoms with Crippen LogP contribution < -0.4 is 16.2 Å². The van der Waals surface area contributed by atoms with Crippen molar-refractivity contribution in [3.8, 4) is 0 Å². The highest BCUT2D eigenvalue weighted by atomic mass is 79.9. The Morgan fingerprint density at radius 2 is 2.13 bits per heavy atom. The van der Waals surface area contributed by atoms with Gasteiger partial charge in [0.1, 0.15) is 0 Å². The Kier molecular flexibility index (Phi) is 6.12. The van der Waals surface area contributed by atoms with Crippen LogP contribution in [-0.4, -0.2) is 20.8 Å². The van der Waals surface area contributed by atoms with Gasteiger partial charge in [0.05, 0.1) is 23.1 Å². The number of carbonyl (C=O) groups is 1. The van der Waals surface area contributed by atoms with Crippen LogP contribution in [0, 0.1) is 12.8 Å². The van der Waals surface area contributed by atoms with Crippen molar-refractivity contribution < 1.29 is 4.79 Å². The van der Waals surface area contributed by atoms with Crippen LogP contribution in [0.2, 0.25) is 0 Å². The Hall–Kier alpha value is -1.93. The lowest BCUT2D eigenvalue weighted by Crippen LogP contribution is -2.46. The number of amides is 1. The number of nitrogens with zero attached hydrogens (tertiary/aromatic N) is 2. The summed E-state index contributed by atoms with van der Waals surface area (Å²) in [6.07, 6.45) is 3.51. The third kappa shape index (κ3) is 5.33. The molecule has 3 N–H and O–H groups in total. The number of rotatable bonds is 4. The van der Waals surface area contributed by atoms with E-state index in [0.717, 1.165) is 15.7 Å². The minimum absolute atomic E-state index is 0.162. The lowest BCUT2D eigenvalue weighted by atomic mass is 10.2. The maximum atomic E-state index is 12.1. The van der Waals surface area contributed by atoms with E-state index in [9.17, 15) is 4.79 Å². The van der Waals surface area contributed by atoms with Gasteiger partial charge in [-0.1, -0.05) is 25.1 Å². The number of nitrogens with one attached hydrogen (secondary N) is 3. The van der Waals surface area contributed by atoms with Crippen molar-refractivity contribution in [1.29, 1.82) is 0 Å². The molecule has 1 amide bonds. The van der Waals surface area contributed by atoms with Crippen LogP contribution in [-0.2, 0) is 11.3 Å². The molecule has 8 heteroatoms. The first kappa shape index (κ1) is 17.4. The van der Waals surface area contributed by atoms with Gasteiger partial charge in [-0.15, -0.1) is 0 Å². The Morgan fingerprint density at radius 1 is 1.39 bits per heavy atom. The van der Waals surface area contributed by atoms with Crippen molar-refractivity contribution in [2.45, 2.75) is 20.4 Å². The summed E-state index contributed by atoms with van der Waals surface area (Å²) in [5.41, 5.74) is 7.28. The van der Waals surface area contributed by atoms with E-state index in [-0.39, 0.29) is 11.8 Å². The molecule has 0 saturated carbocycles. The number of hydrogen-bond acceptors (Lipinski definition) is 3. The van der Waals surface area contributed by atoms with Crippen LogP contribution in [0.3, 0.4) is 0 Å². The van der Waals surface area contributed by atoms with Crippen molar-refractivity contribution in [3.63, 3.8) is 0 Å². The molecule has 0 aliphatic heterocycles. The molecule has 0 radical (unpaired) electrons. The molecule has 122 valence electrons. The second-order valence-corrected chi connectivity index (χ2v) is 6.49. The van der Waals surface area contributed by atoms with Crippen LogP contribution in [0.1, 0.15) is 12.5 Å². The number of aryl methyl sites for hydroxylation is 1. The van der Waals surface area contributed by atoms with Gasteiger partial charge in [0.25, 0.3) is 0 Å². The number of hydrogen-bond donors (Lipinski definition) is 3. The maximum absolute atomic E-state index is 12.1. The largest absolute Gasteiger partial charge is 0.331 e. The molecule has 1 aromatic carbocycles. The van der Waals surface area contributed by atoms with Gasteiger partial charge in [-0.3, -0.25) is 20.3 Å². The highest BCUT2D eigenvalue weighted by Gasteiger charge is 2.14. The molecule has 1 atom stereocenters. The van der Waals surface area contributed by atoms with Gasteiger partial charge in [-0.05, 0) is 46.7 Å². The Balaban J connectivity index is 1.79. The fraction of sp³-hybridized carbons (Fsp3) is 0.267. The van der Waals surface area contributed by atoms with Crippen LogP contribution >= 0.6 is 28.1 Å². The lowest BCUT2D eigenvalue weighted by molar-refractivity contribution is -0.125. The van der Waals surface area contributed by atoms with Crippen LogP contribution in [0.25, 0.3) is 0 Å². The average Bonchev–Trinajstić information content (AvgIpc) is 2.92. The number of para-hydroxylation sites is 1. The first-order valence-corrected chi connectivity index (χ1v) is 8.26. The van der Waals surface area contributed by atoms with Crippen molar-refractivity contribution >= 4 is 44.9 Å². The van der Waals surface area contributed by atoms with E-state index >= 15 is 0 Å². The van der Waals surface area contributed by atoms with Crippen molar-refractivity contribution in [1.82, 2.24) is 20.6 Å². The highest BCUT2D eigenvalue weighted by Crippen LogP contribution is 2.12. The number of anilines is 1. The quantitative estimate of drug-likeness (QED) is 0.548. The first-order valence-electron chi connectivity index (χ1n) is 7.06. The smallest absolute Gasteiger partial charge is 0.243 e. The van der Waals surface area contributed by atoms with Crippen molar-refractivity contribution in [2.75, 3.05) is 5.32 Å². The molecule has 1 heterocycles. The summed E-state index contributed by atoms with van der Waals surface area (Å²) in [6.45, 7) is 4.29. The van der Waals surface area contributed by atoms with Crippen molar-refractivity contribution in [3.05, 3.63) is 46.7 Å². The number of halogens is 1. The molecule has 6 nitrogen and oxygen atoms in total. The van der Waals surface area contributed by atoms with E-state index in [1.54, 1.807) is 10.9 Å². The van der Waals surface area contributed by atoms with Crippen molar-refractivity contribution in [2.24, 2.45) is 5.92 Å². The fourth-order valence-electron chi connectivity index (χ4n) is 1.91. The second kappa shape index (κ2) is 8.07. The molecule has 0 aliphatic rings. The van der Waals surface area contributed by atoms with E-state index in [2.05, 4.69) is 37.2 Å². The van der Waals surface area contributed by atoms with Gasteiger partial charge in [0.15, 0.2) is 5.11 Å². The Bertz CT molecular complexity index is 703. The number of carbonyl (C=O) groups excluding carboxylic acids is 1. The first-order chi connectivity index (χ1) is 11.0. The average molecular weight is 396 g/mol. The SMILES string of the molecule is Cc1ccccc1NC(=S)NNC(=O)[C@H](C)Cn1cc(Br)cn1. The zero-order valence-electron chi connectivity index (χ0n) is 12.8. The normalized spacial score (nSPS) is 11.6. The van der Waals surface area contributed by atoms with Crippen LogP contribution in [0.15, 0.2) is 41.1 Å². The molecule has 0 spiro atoms. The number of thiocarbonyl (C=S) groups is 1. The molecule has 0 aliphatic carbocycles. The van der Waals surface area contributed by atoms with Gasteiger partial charge in [0, 0.05) is 11.9 Å². The third-order valence-electron chi connectivity index (χ3n) is 3.20. The summed E-state index contributed by atoms with van der Waals surface area (Å²) in [7, 11) is 0.